The molecule has 1 amide bonds. The molecule has 0 aromatic rings. The third-order valence-electron chi connectivity index (χ3n) is 3.83. The van der Waals surface area contributed by atoms with Crippen LogP contribution in [0.5, 0.6) is 0 Å². The summed E-state index contributed by atoms with van der Waals surface area (Å²) in [7, 11) is -3.08. The fourth-order valence-electron chi connectivity index (χ4n) is 2.77. The second kappa shape index (κ2) is 5.38. The quantitative estimate of drug-likeness (QED) is 0.756. The van der Waals surface area contributed by atoms with Crippen LogP contribution in [0.4, 0.5) is 0 Å². The number of carbonyl (C=O) groups excluding carboxylic acids is 1. The Hall–Kier alpha value is -0.270. The summed E-state index contributed by atoms with van der Waals surface area (Å²) in [5.41, 5.74) is 0. The van der Waals surface area contributed by atoms with Gasteiger partial charge in [0.2, 0.25) is 15.9 Å². The third-order valence-corrected chi connectivity index (χ3v) is 5.65. The molecule has 5 nitrogen and oxygen atoms in total. The second-order valence-corrected chi connectivity index (χ2v) is 7.54. The number of hydrogen-bond donors (Lipinski definition) is 1. The number of nitrogens with zero attached hydrogens (tertiary/aromatic N) is 2. The molecule has 104 valence electrons. The molecular formula is C11H20N2O3S2. The smallest absolute Gasteiger partial charge is 0.223 e. The van der Waals surface area contributed by atoms with Crippen LogP contribution in [0.15, 0.2) is 0 Å². The van der Waals surface area contributed by atoms with Crippen molar-refractivity contribution in [3.63, 3.8) is 0 Å². The molecule has 0 aromatic heterocycles. The van der Waals surface area contributed by atoms with E-state index in [0.717, 1.165) is 25.1 Å². The zero-order chi connectivity index (χ0) is 13.3. The summed E-state index contributed by atoms with van der Waals surface area (Å²) in [5, 5.41) is 0. The van der Waals surface area contributed by atoms with Gasteiger partial charge in [0.25, 0.3) is 0 Å². The molecule has 18 heavy (non-hydrogen) atoms. The third kappa shape index (κ3) is 3.00. The van der Waals surface area contributed by atoms with Crippen molar-refractivity contribution >= 4 is 28.6 Å². The Morgan fingerprint density at radius 1 is 1.33 bits per heavy atom. The molecule has 1 unspecified atom stereocenters. The van der Waals surface area contributed by atoms with E-state index in [-0.39, 0.29) is 11.9 Å². The number of rotatable bonds is 3. The predicted octanol–water partition coefficient (Wildman–Crippen LogP) is 0.189. The Morgan fingerprint density at radius 3 is 2.39 bits per heavy atom. The lowest BCUT2D eigenvalue weighted by atomic mass is 10.1. The van der Waals surface area contributed by atoms with Gasteiger partial charge in [-0.1, -0.05) is 0 Å². The first kappa shape index (κ1) is 14.1. The number of thiol groups is 1. The van der Waals surface area contributed by atoms with E-state index in [0.29, 0.717) is 25.4 Å². The molecule has 0 N–H and O–H groups in total. The van der Waals surface area contributed by atoms with Crippen LogP contribution < -0.4 is 0 Å². The van der Waals surface area contributed by atoms with E-state index >= 15 is 0 Å². The fraction of sp³-hybridized carbons (Fsp3) is 0.909. The zero-order valence-corrected chi connectivity index (χ0v) is 12.3. The van der Waals surface area contributed by atoms with Crippen molar-refractivity contribution < 1.29 is 13.2 Å². The van der Waals surface area contributed by atoms with Crippen LogP contribution in [0.1, 0.15) is 19.3 Å². The van der Waals surface area contributed by atoms with Gasteiger partial charge in [-0.25, -0.2) is 12.7 Å². The highest BCUT2D eigenvalue weighted by atomic mass is 32.2. The SMILES string of the molecule is CS(=O)(=O)N1CCC(N2CC(CS)CC2=O)CC1. The van der Waals surface area contributed by atoms with Crippen LogP contribution in [0.2, 0.25) is 0 Å². The molecule has 0 radical (unpaired) electrons. The maximum atomic E-state index is 11.9. The monoisotopic (exact) mass is 292 g/mol. The molecule has 2 aliphatic rings. The van der Waals surface area contributed by atoms with Gasteiger partial charge in [0.15, 0.2) is 0 Å². The minimum Gasteiger partial charge on any atom is -0.339 e. The first-order valence-corrected chi connectivity index (χ1v) is 8.75. The molecular weight excluding hydrogens is 272 g/mol. The Bertz CT molecular complexity index is 416. The molecule has 2 rings (SSSR count). The summed E-state index contributed by atoms with van der Waals surface area (Å²) in [5.74, 6) is 1.30. The number of hydrogen-bond acceptors (Lipinski definition) is 4. The van der Waals surface area contributed by atoms with Crippen molar-refractivity contribution in [2.75, 3.05) is 31.6 Å². The summed E-state index contributed by atoms with van der Waals surface area (Å²) in [6, 6.07) is 0.209. The van der Waals surface area contributed by atoms with E-state index in [1.54, 1.807) is 0 Å². The number of piperidine rings is 1. The van der Waals surface area contributed by atoms with Gasteiger partial charge in [0.1, 0.15) is 0 Å². The average Bonchev–Trinajstić information content (AvgIpc) is 2.70. The number of carbonyl (C=O) groups is 1. The van der Waals surface area contributed by atoms with Gasteiger partial charge >= 0.3 is 0 Å². The molecule has 1 atom stereocenters. The molecule has 2 heterocycles. The maximum Gasteiger partial charge on any atom is 0.223 e. The molecule has 0 saturated carbocycles. The lowest BCUT2D eigenvalue weighted by Crippen LogP contribution is -2.47. The van der Waals surface area contributed by atoms with Crippen molar-refractivity contribution in [3.05, 3.63) is 0 Å². The highest BCUT2D eigenvalue weighted by Crippen LogP contribution is 2.26. The number of amides is 1. The van der Waals surface area contributed by atoms with Gasteiger partial charge < -0.3 is 4.90 Å². The number of sulfonamides is 1. The van der Waals surface area contributed by atoms with E-state index < -0.39 is 10.0 Å². The molecule has 2 aliphatic heterocycles. The maximum absolute atomic E-state index is 11.9. The molecule has 0 aromatic carbocycles. The second-order valence-electron chi connectivity index (χ2n) is 5.19. The van der Waals surface area contributed by atoms with E-state index in [1.807, 2.05) is 4.90 Å². The fourth-order valence-corrected chi connectivity index (χ4v) is 3.89. The van der Waals surface area contributed by atoms with Crippen LogP contribution in [0, 0.1) is 5.92 Å². The van der Waals surface area contributed by atoms with Crippen LogP contribution in [0.25, 0.3) is 0 Å². The van der Waals surface area contributed by atoms with Gasteiger partial charge in [-0.05, 0) is 24.5 Å². The summed E-state index contributed by atoms with van der Waals surface area (Å²) in [4.78, 5) is 13.8. The van der Waals surface area contributed by atoms with Crippen molar-refractivity contribution in [2.24, 2.45) is 5.92 Å². The Balaban J connectivity index is 1.92. The first-order valence-electron chi connectivity index (χ1n) is 6.27. The largest absolute Gasteiger partial charge is 0.339 e. The Labute approximate surface area is 114 Å². The van der Waals surface area contributed by atoms with Crippen molar-refractivity contribution in [1.82, 2.24) is 9.21 Å². The zero-order valence-electron chi connectivity index (χ0n) is 10.6. The summed E-state index contributed by atoms with van der Waals surface area (Å²) >= 11 is 4.25. The van der Waals surface area contributed by atoms with Crippen LogP contribution in [0.3, 0.4) is 0 Å². The van der Waals surface area contributed by atoms with Gasteiger partial charge in [0.05, 0.1) is 6.26 Å². The van der Waals surface area contributed by atoms with Gasteiger partial charge in [0, 0.05) is 32.1 Å². The molecule has 7 heteroatoms. The predicted molar refractivity (Wildman–Crippen MR) is 73.1 cm³/mol. The summed E-state index contributed by atoms with van der Waals surface area (Å²) < 4.78 is 24.3. The Morgan fingerprint density at radius 2 is 1.94 bits per heavy atom. The number of likely N-dealkylation sites (tertiary alicyclic amines) is 1. The minimum atomic E-state index is -3.08. The van der Waals surface area contributed by atoms with Crippen LogP contribution >= 0.6 is 12.6 Å². The lowest BCUT2D eigenvalue weighted by molar-refractivity contribution is -0.130. The highest BCUT2D eigenvalue weighted by molar-refractivity contribution is 7.88. The topological polar surface area (TPSA) is 57.7 Å². The van der Waals surface area contributed by atoms with Crippen molar-refractivity contribution in [2.45, 2.75) is 25.3 Å². The van der Waals surface area contributed by atoms with E-state index in [1.165, 1.54) is 10.6 Å². The van der Waals surface area contributed by atoms with E-state index in [4.69, 9.17) is 0 Å². The highest BCUT2D eigenvalue weighted by Gasteiger charge is 2.36. The van der Waals surface area contributed by atoms with Crippen molar-refractivity contribution in [3.8, 4) is 0 Å². The lowest BCUT2D eigenvalue weighted by Gasteiger charge is -2.35. The minimum absolute atomic E-state index is 0.201. The van der Waals surface area contributed by atoms with Gasteiger partial charge in [-0.3, -0.25) is 4.79 Å². The van der Waals surface area contributed by atoms with Crippen LogP contribution in [-0.4, -0.2) is 61.2 Å². The summed E-state index contributed by atoms with van der Waals surface area (Å²) in [6.45, 7) is 1.84. The first-order chi connectivity index (χ1) is 8.41. The molecule has 0 bridgehead atoms. The standard InChI is InChI=1S/C11H20N2O3S2/c1-18(15,16)12-4-2-10(3-5-12)13-7-9(8-17)6-11(13)14/h9-10,17H,2-8H2,1H3. The van der Waals surface area contributed by atoms with Gasteiger partial charge in [-0.2, -0.15) is 12.6 Å². The van der Waals surface area contributed by atoms with E-state index in [2.05, 4.69) is 12.6 Å². The molecule has 0 aliphatic carbocycles. The normalized spacial score (nSPS) is 28.0. The molecule has 2 saturated heterocycles. The molecule has 2 fully saturated rings. The van der Waals surface area contributed by atoms with Crippen molar-refractivity contribution in [1.29, 1.82) is 0 Å². The summed E-state index contributed by atoms with van der Waals surface area (Å²) in [6.07, 6.45) is 3.33. The van der Waals surface area contributed by atoms with E-state index in [9.17, 15) is 13.2 Å². The van der Waals surface area contributed by atoms with Gasteiger partial charge in [-0.15, -0.1) is 0 Å². The average molecular weight is 292 g/mol. The Kier molecular flexibility index (Phi) is 4.23. The van der Waals surface area contributed by atoms with Crippen LogP contribution in [-0.2, 0) is 14.8 Å². The molecule has 0 spiro atoms.